The molecule has 0 spiro atoms. The van der Waals surface area contributed by atoms with E-state index in [2.05, 4.69) is 4.72 Å². The van der Waals surface area contributed by atoms with E-state index in [9.17, 15) is 8.42 Å². The normalized spacial score (nSPS) is 20.1. The topological polar surface area (TPSA) is 72.2 Å². The molecule has 0 radical (unpaired) electrons. The van der Waals surface area contributed by atoms with E-state index in [4.69, 9.17) is 5.14 Å². The summed E-state index contributed by atoms with van der Waals surface area (Å²) in [6.45, 7) is 0.490. The van der Waals surface area contributed by atoms with Crippen LogP contribution in [0.5, 0.6) is 0 Å². The van der Waals surface area contributed by atoms with Crippen LogP contribution in [0, 0.1) is 5.92 Å². The van der Waals surface area contributed by atoms with Gasteiger partial charge in [-0.3, -0.25) is 0 Å². The summed E-state index contributed by atoms with van der Waals surface area (Å²) in [6, 6.07) is 0. The van der Waals surface area contributed by atoms with Crippen LogP contribution in [-0.2, 0) is 10.2 Å². The van der Waals surface area contributed by atoms with Gasteiger partial charge in [-0.2, -0.15) is 8.42 Å². The molecule has 1 saturated carbocycles. The Kier molecular flexibility index (Phi) is 3.49. The first kappa shape index (κ1) is 9.95. The maximum atomic E-state index is 10.5. The van der Waals surface area contributed by atoms with E-state index >= 15 is 0 Å². The van der Waals surface area contributed by atoms with E-state index < -0.39 is 10.2 Å². The summed E-state index contributed by atoms with van der Waals surface area (Å²) in [6.07, 6.45) is 6.00. The van der Waals surface area contributed by atoms with Crippen LogP contribution in [0.25, 0.3) is 0 Å². The van der Waals surface area contributed by atoms with Crippen molar-refractivity contribution in [3.05, 3.63) is 0 Å². The molecule has 72 valence electrons. The molecule has 0 amide bonds. The minimum atomic E-state index is -3.47. The van der Waals surface area contributed by atoms with E-state index in [0.717, 1.165) is 6.42 Å². The minimum absolute atomic E-state index is 0.490. The van der Waals surface area contributed by atoms with Crippen LogP contribution in [0.3, 0.4) is 0 Å². The average Bonchev–Trinajstić information content (AvgIpc) is 2.36. The third kappa shape index (κ3) is 4.04. The zero-order valence-electron chi connectivity index (χ0n) is 7.12. The van der Waals surface area contributed by atoms with E-state index in [0.29, 0.717) is 12.5 Å². The highest BCUT2D eigenvalue weighted by atomic mass is 32.2. The third-order valence-electron chi connectivity index (χ3n) is 2.33. The molecule has 1 rings (SSSR count). The third-order valence-corrected chi connectivity index (χ3v) is 2.94. The summed E-state index contributed by atoms with van der Waals surface area (Å²) in [5.74, 6) is 0.708. The maximum absolute atomic E-state index is 10.5. The van der Waals surface area contributed by atoms with Crippen molar-refractivity contribution in [3.8, 4) is 0 Å². The Bertz CT molecular complexity index is 220. The molecule has 1 aliphatic rings. The lowest BCUT2D eigenvalue weighted by molar-refractivity contribution is 0.496. The highest BCUT2D eigenvalue weighted by Gasteiger charge is 2.14. The van der Waals surface area contributed by atoms with Gasteiger partial charge in [-0.05, 0) is 12.3 Å². The maximum Gasteiger partial charge on any atom is 0.274 e. The largest absolute Gasteiger partial charge is 0.274 e. The Morgan fingerprint density at radius 2 is 1.92 bits per heavy atom. The molecule has 0 unspecified atom stereocenters. The van der Waals surface area contributed by atoms with Gasteiger partial charge in [0.2, 0.25) is 0 Å². The fourth-order valence-electron chi connectivity index (χ4n) is 1.70. The van der Waals surface area contributed by atoms with Crippen molar-refractivity contribution in [2.75, 3.05) is 6.54 Å². The van der Waals surface area contributed by atoms with Gasteiger partial charge in [-0.25, -0.2) is 9.86 Å². The molecule has 1 aliphatic carbocycles. The molecular weight excluding hydrogens is 176 g/mol. The van der Waals surface area contributed by atoms with E-state index in [1.807, 2.05) is 0 Å². The zero-order valence-corrected chi connectivity index (χ0v) is 7.94. The molecular formula is C7H16N2O2S. The van der Waals surface area contributed by atoms with Crippen molar-refractivity contribution < 1.29 is 8.42 Å². The van der Waals surface area contributed by atoms with Gasteiger partial charge >= 0.3 is 0 Å². The first-order valence-electron chi connectivity index (χ1n) is 4.35. The molecule has 1 fully saturated rings. The van der Waals surface area contributed by atoms with Crippen LogP contribution in [0.1, 0.15) is 32.1 Å². The SMILES string of the molecule is NS(=O)(=O)NCCC1CCCC1. The molecule has 0 atom stereocenters. The van der Waals surface area contributed by atoms with Crippen LogP contribution < -0.4 is 9.86 Å². The molecule has 4 nitrogen and oxygen atoms in total. The zero-order chi connectivity index (χ0) is 9.03. The molecule has 3 N–H and O–H groups in total. The molecule has 0 bridgehead atoms. The summed E-state index contributed by atoms with van der Waals surface area (Å²) in [7, 11) is -3.47. The monoisotopic (exact) mass is 192 g/mol. The van der Waals surface area contributed by atoms with E-state index in [1.54, 1.807) is 0 Å². The van der Waals surface area contributed by atoms with Crippen LogP contribution in [0.15, 0.2) is 0 Å². The van der Waals surface area contributed by atoms with Gasteiger partial charge in [0, 0.05) is 6.54 Å². The first-order chi connectivity index (χ1) is 5.58. The fourth-order valence-corrected chi connectivity index (χ4v) is 2.11. The second-order valence-electron chi connectivity index (χ2n) is 3.38. The number of nitrogens with two attached hydrogens (primary N) is 1. The lowest BCUT2D eigenvalue weighted by Crippen LogP contribution is -2.32. The number of nitrogens with one attached hydrogen (secondary N) is 1. The van der Waals surface area contributed by atoms with Crippen molar-refractivity contribution in [2.24, 2.45) is 11.1 Å². The second kappa shape index (κ2) is 4.20. The summed E-state index contributed by atoms with van der Waals surface area (Å²) < 4.78 is 23.2. The summed E-state index contributed by atoms with van der Waals surface area (Å²) in [5.41, 5.74) is 0. The highest BCUT2D eigenvalue weighted by Crippen LogP contribution is 2.26. The van der Waals surface area contributed by atoms with Crippen molar-refractivity contribution >= 4 is 10.2 Å². The minimum Gasteiger partial charge on any atom is -0.216 e. The molecule has 0 aliphatic heterocycles. The Morgan fingerprint density at radius 1 is 1.33 bits per heavy atom. The lowest BCUT2D eigenvalue weighted by Gasteiger charge is -2.07. The first-order valence-corrected chi connectivity index (χ1v) is 5.90. The van der Waals surface area contributed by atoms with Gasteiger partial charge in [-0.15, -0.1) is 0 Å². The molecule has 0 aromatic heterocycles. The smallest absolute Gasteiger partial charge is 0.216 e. The fraction of sp³-hybridized carbons (Fsp3) is 1.00. The Morgan fingerprint density at radius 3 is 2.42 bits per heavy atom. The molecule has 0 heterocycles. The van der Waals surface area contributed by atoms with E-state index in [-0.39, 0.29) is 0 Å². The average molecular weight is 192 g/mol. The highest BCUT2D eigenvalue weighted by molar-refractivity contribution is 7.87. The van der Waals surface area contributed by atoms with E-state index in [1.165, 1.54) is 25.7 Å². The lowest BCUT2D eigenvalue weighted by atomic mass is 10.1. The van der Waals surface area contributed by atoms with Crippen molar-refractivity contribution in [1.29, 1.82) is 0 Å². The predicted molar refractivity (Wildman–Crippen MR) is 47.7 cm³/mol. The van der Waals surface area contributed by atoms with Crippen LogP contribution >= 0.6 is 0 Å². The van der Waals surface area contributed by atoms with Crippen LogP contribution in [-0.4, -0.2) is 15.0 Å². The van der Waals surface area contributed by atoms with Gasteiger partial charge in [0.1, 0.15) is 0 Å². The van der Waals surface area contributed by atoms with Gasteiger partial charge in [0.05, 0.1) is 0 Å². The molecule has 0 aromatic carbocycles. The van der Waals surface area contributed by atoms with Crippen LogP contribution in [0.4, 0.5) is 0 Å². The van der Waals surface area contributed by atoms with Crippen LogP contribution in [0.2, 0.25) is 0 Å². The van der Waals surface area contributed by atoms with Crippen molar-refractivity contribution in [2.45, 2.75) is 32.1 Å². The molecule has 5 heteroatoms. The summed E-state index contributed by atoms with van der Waals surface area (Å²) in [5, 5.41) is 4.78. The van der Waals surface area contributed by atoms with Gasteiger partial charge in [-0.1, -0.05) is 25.7 Å². The van der Waals surface area contributed by atoms with Gasteiger partial charge < -0.3 is 0 Å². The molecule has 0 saturated heterocycles. The standard InChI is InChI=1S/C7H16N2O2S/c8-12(10,11)9-6-5-7-3-1-2-4-7/h7,9H,1-6H2,(H2,8,10,11). The summed E-state index contributed by atoms with van der Waals surface area (Å²) in [4.78, 5) is 0. The molecule has 0 aromatic rings. The number of rotatable bonds is 4. The predicted octanol–water partition coefficient (Wildman–Crippen LogP) is 0.360. The van der Waals surface area contributed by atoms with Crippen molar-refractivity contribution in [3.63, 3.8) is 0 Å². The summed E-state index contributed by atoms with van der Waals surface area (Å²) >= 11 is 0. The Balaban J connectivity index is 2.09. The second-order valence-corrected chi connectivity index (χ2v) is 4.76. The quantitative estimate of drug-likeness (QED) is 0.675. The van der Waals surface area contributed by atoms with Gasteiger partial charge in [0.15, 0.2) is 0 Å². The van der Waals surface area contributed by atoms with Crippen molar-refractivity contribution in [1.82, 2.24) is 4.72 Å². The number of hydrogen-bond donors (Lipinski definition) is 2. The Hall–Kier alpha value is -0.130. The molecule has 12 heavy (non-hydrogen) atoms. The Labute approximate surface area is 73.7 Å². The number of hydrogen-bond acceptors (Lipinski definition) is 2. The van der Waals surface area contributed by atoms with Gasteiger partial charge in [0.25, 0.3) is 10.2 Å².